The number of unbranched alkanes of at least 4 members (excludes halogenated alkanes) is 1. The fourth-order valence-corrected chi connectivity index (χ4v) is 1.56. The topological polar surface area (TPSA) is 35.2 Å². The van der Waals surface area contributed by atoms with Crippen LogP contribution in [-0.2, 0) is 6.42 Å². The molecule has 17 heavy (non-hydrogen) atoms. The molecule has 2 nitrogen and oxygen atoms in total. The fraction of sp³-hybridized carbons (Fsp3) is 0.538. The van der Waals surface area contributed by atoms with Gasteiger partial charge in [-0.15, -0.1) is 0 Å². The van der Waals surface area contributed by atoms with Crippen molar-refractivity contribution in [2.75, 3.05) is 6.61 Å². The summed E-state index contributed by atoms with van der Waals surface area (Å²) >= 11 is 0. The number of hydrogen-bond acceptors (Lipinski definition) is 2. The van der Waals surface area contributed by atoms with E-state index in [2.05, 4.69) is 0 Å². The number of ether oxygens (including phenoxy) is 1. The van der Waals surface area contributed by atoms with Crippen LogP contribution < -0.4 is 10.5 Å². The standard InChI is InChI=1S/C13H19F2NO/c1-3-4-5-17-13-11(14)7-10(6-9(2)16)8-12(13)15/h7-9H,3-6,16H2,1-2H3. The van der Waals surface area contributed by atoms with E-state index in [4.69, 9.17) is 10.5 Å². The Labute approximate surface area is 101 Å². The van der Waals surface area contributed by atoms with Gasteiger partial charge in [0.15, 0.2) is 17.4 Å². The molecule has 0 amide bonds. The molecular formula is C13H19F2NO. The molecule has 0 fully saturated rings. The van der Waals surface area contributed by atoms with Crippen molar-refractivity contribution >= 4 is 0 Å². The molecule has 0 aliphatic rings. The number of halogens is 2. The molecule has 0 saturated carbocycles. The van der Waals surface area contributed by atoms with Gasteiger partial charge in [-0.2, -0.15) is 0 Å². The second-order valence-corrected chi connectivity index (χ2v) is 4.27. The average molecular weight is 243 g/mol. The summed E-state index contributed by atoms with van der Waals surface area (Å²) in [6.45, 7) is 4.11. The zero-order chi connectivity index (χ0) is 12.8. The maximum atomic E-state index is 13.6. The van der Waals surface area contributed by atoms with Crippen molar-refractivity contribution in [2.45, 2.75) is 39.2 Å². The fourth-order valence-electron chi connectivity index (χ4n) is 1.56. The van der Waals surface area contributed by atoms with Gasteiger partial charge in [0.2, 0.25) is 0 Å². The van der Waals surface area contributed by atoms with Gasteiger partial charge in [0, 0.05) is 6.04 Å². The molecule has 4 heteroatoms. The highest BCUT2D eigenvalue weighted by molar-refractivity contribution is 5.31. The zero-order valence-electron chi connectivity index (χ0n) is 10.3. The highest BCUT2D eigenvalue weighted by Crippen LogP contribution is 2.24. The lowest BCUT2D eigenvalue weighted by molar-refractivity contribution is 0.278. The number of rotatable bonds is 6. The molecule has 1 rings (SSSR count). The van der Waals surface area contributed by atoms with E-state index in [1.54, 1.807) is 6.92 Å². The van der Waals surface area contributed by atoms with E-state index in [-0.39, 0.29) is 11.8 Å². The molecule has 0 aliphatic carbocycles. The summed E-state index contributed by atoms with van der Waals surface area (Å²) in [6.07, 6.45) is 2.15. The molecule has 1 aromatic rings. The van der Waals surface area contributed by atoms with Crippen LogP contribution in [0.1, 0.15) is 32.3 Å². The van der Waals surface area contributed by atoms with Crippen LogP contribution in [0.25, 0.3) is 0 Å². The molecule has 0 spiro atoms. The maximum Gasteiger partial charge on any atom is 0.190 e. The summed E-state index contributed by atoms with van der Waals surface area (Å²) in [5.41, 5.74) is 6.14. The molecule has 0 bridgehead atoms. The molecule has 1 unspecified atom stereocenters. The zero-order valence-corrected chi connectivity index (χ0v) is 10.3. The molecule has 0 aromatic heterocycles. The van der Waals surface area contributed by atoms with Crippen molar-refractivity contribution in [3.05, 3.63) is 29.3 Å². The van der Waals surface area contributed by atoms with Gasteiger partial charge in [-0.3, -0.25) is 0 Å². The molecule has 96 valence electrons. The van der Waals surface area contributed by atoms with Crippen LogP contribution in [0.5, 0.6) is 5.75 Å². The van der Waals surface area contributed by atoms with Crippen molar-refractivity contribution in [2.24, 2.45) is 5.73 Å². The predicted molar refractivity (Wildman–Crippen MR) is 64.1 cm³/mol. The quantitative estimate of drug-likeness (QED) is 0.779. The Hall–Kier alpha value is -1.16. The summed E-state index contributed by atoms with van der Waals surface area (Å²) in [4.78, 5) is 0. The van der Waals surface area contributed by atoms with Gasteiger partial charge in [0.05, 0.1) is 6.61 Å². The highest BCUT2D eigenvalue weighted by Gasteiger charge is 2.13. The minimum absolute atomic E-state index is 0.124. The second-order valence-electron chi connectivity index (χ2n) is 4.27. The van der Waals surface area contributed by atoms with E-state index in [0.717, 1.165) is 12.8 Å². The van der Waals surface area contributed by atoms with Gasteiger partial charge >= 0.3 is 0 Å². The van der Waals surface area contributed by atoms with Gasteiger partial charge in [0.1, 0.15) is 0 Å². The van der Waals surface area contributed by atoms with Gasteiger partial charge < -0.3 is 10.5 Å². The smallest absolute Gasteiger partial charge is 0.190 e. The van der Waals surface area contributed by atoms with Crippen LogP contribution in [0.2, 0.25) is 0 Å². The van der Waals surface area contributed by atoms with Crippen LogP contribution in [0.3, 0.4) is 0 Å². The van der Waals surface area contributed by atoms with Crippen molar-refractivity contribution < 1.29 is 13.5 Å². The average Bonchev–Trinajstić information content (AvgIpc) is 2.21. The number of benzene rings is 1. The summed E-state index contributed by atoms with van der Waals surface area (Å²) in [7, 11) is 0. The molecule has 0 heterocycles. The SMILES string of the molecule is CCCCOc1c(F)cc(CC(C)N)cc1F. The van der Waals surface area contributed by atoms with Gasteiger partial charge in [-0.1, -0.05) is 13.3 Å². The van der Waals surface area contributed by atoms with Gasteiger partial charge in [-0.05, 0) is 37.5 Å². The van der Waals surface area contributed by atoms with E-state index in [1.807, 2.05) is 6.92 Å². The Bertz CT molecular complexity index is 343. The van der Waals surface area contributed by atoms with E-state index < -0.39 is 11.6 Å². The first-order valence-corrected chi connectivity index (χ1v) is 5.91. The van der Waals surface area contributed by atoms with Crippen molar-refractivity contribution in [3.8, 4) is 5.75 Å². The minimum atomic E-state index is -0.656. The first-order valence-electron chi connectivity index (χ1n) is 5.91. The summed E-state index contributed by atoms with van der Waals surface area (Å²) in [5, 5.41) is 0. The van der Waals surface area contributed by atoms with Crippen LogP contribution in [0.4, 0.5) is 8.78 Å². The Kier molecular flexibility index (Phi) is 5.35. The third-order valence-electron chi connectivity index (χ3n) is 2.36. The van der Waals surface area contributed by atoms with Crippen molar-refractivity contribution in [3.63, 3.8) is 0 Å². The molecule has 1 atom stereocenters. The monoisotopic (exact) mass is 243 g/mol. The summed E-state index contributed by atoms with van der Waals surface area (Å²) < 4.78 is 32.3. The first kappa shape index (κ1) is 13.9. The van der Waals surface area contributed by atoms with Crippen LogP contribution in [-0.4, -0.2) is 12.6 Å². The largest absolute Gasteiger partial charge is 0.488 e. The van der Waals surface area contributed by atoms with Crippen molar-refractivity contribution in [1.82, 2.24) is 0 Å². The summed E-state index contributed by atoms with van der Waals surface area (Å²) in [6, 6.07) is 2.45. The Morgan fingerprint density at radius 3 is 2.35 bits per heavy atom. The molecule has 0 radical (unpaired) electrons. The van der Waals surface area contributed by atoms with E-state index in [0.29, 0.717) is 18.6 Å². The molecule has 0 saturated heterocycles. The molecule has 1 aromatic carbocycles. The lowest BCUT2D eigenvalue weighted by atomic mass is 10.1. The van der Waals surface area contributed by atoms with Crippen LogP contribution in [0, 0.1) is 11.6 Å². The number of nitrogens with two attached hydrogens (primary N) is 1. The third-order valence-corrected chi connectivity index (χ3v) is 2.36. The molecule has 0 aliphatic heterocycles. The molecular weight excluding hydrogens is 224 g/mol. The van der Waals surface area contributed by atoms with Crippen LogP contribution >= 0.6 is 0 Å². The predicted octanol–water partition coefficient (Wildman–Crippen LogP) is 3.03. The van der Waals surface area contributed by atoms with Gasteiger partial charge in [-0.25, -0.2) is 8.78 Å². The van der Waals surface area contributed by atoms with Crippen molar-refractivity contribution in [1.29, 1.82) is 0 Å². The Morgan fingerprint density at radius 2 is 1.88 bits per heavy atom. The number of hydrogen-bond donors (Lipinski definition) is 1. The van der Waals surface area contributed by atoms with E-state index >= 15 is 0 Å². The maximum absolute atomic E-state index is 13.6. The van der Waals surface area contributed by atoms with Gasteiger partial charge in [0.25, 0.3) is 0 Å². The highest BCUT2D eigenvalue weighted by atomic mass is 19.1. The van der Waals surface area contributed by atoms with E-state index in [9.17, 15) is 8.78 Å². The normalized spacial score (nSPS) is 12.5. The van der Waals surface area contributed by atoms with Crippen LogP contribution in [0.15, 0.2) is 12.1 Å². The first-order chi connectivity index (χ1) is 8.04. The lowest BCUT2D eigenvalue weighted by Crippen LogP contribution is -2.18. The minimum Gasteiger partial charge on any atom is -0.488 e. The second kappa shape index (κ2) is 6.55. The Balaban J connectivity index is 2.79. The Morgan fingerprint density at radius 1 is 1.29 bits per heavy atom. The third kappa shape index (κ3) is 4.30. The lowest BCUT2D eigenvalue weighted by Gasteiger charge is -2.11. The summed E-state index contributed by atoms with van der Waals surface area (Å²) in [5.74, 6) is -1.60. The van der Waals surface area contributed by atoms with E-state index in [1.165, 1.54) is 12.1 Å². The molecule has 2 N–H and O–H groups in total.